The van der Waals surface area contributed by atoms with E-state index in [-0.39, 0.29) is 10.6 Å². The van der Waals surface area contributed by atoms with Crippen molar-refractivity contribution >= 4 is 17.3 Å². The molecule has 1 aliphatic rings. The van der Waals surface area contributed by atoms with Crippen LogP contribution in [0.4, 0.5) is 5.69 Å². The van der Waals surface area contributed by atoms with Crippen molar-refractivity contribution in [1.29, 1.82) is 0 Å². The molecule has 2 N–H and O–H groups in total. The Morgan fingerprint density at radius 1 is 1.40 bits per heavy atom. The van der Waals surface area contributed by atoms with E-state index in [0.717, 1.165) is 38.9 Å². The monoisotopic (exact) mass is 297 g/mol. The third-order valence-electron chi connectivity index (χ3n) is 3.91. The predicted molar refractivity (Wildman–Crippen MR) is 79.8 cm³/mol. The Morgan fingerprint density at radius 2 is 2.10 bits per heavy atom. The zero-order chi connectivity index (χ0) is 14.5. The molecule has 0 saturated carbocycles. The van der Waals surface area contributed by atoms with Gasteiger partial charge in [-0.15, -0.1) is 0 Å². The van der Waals surface area contributed by atoms with Crippen LogP contribution in [0.1, 0.15) is 24.8 Å². The third-order valence-corrected chi connectivity index (χ3v) is 4.15. The van der Waals surface area contributed by atoms with Gasteiger partial charge in [0.25, 0.3) is 5.69 Å². The first-order valence-electron chi connectivity index (χ1n) is 6.95. The quantitative estimate of drug-likeness (QED) is 0.670. The van der Waals surface area contributed by atoms with Crippen molar-refractivity contribution in [3.8, 4) is 0 Å². The first kappa shape index (κ1) is 15.2. The molecular formula is C14H20ClN3O2. The second-order valence-electron chi connectivity index (χ2n) is 5.33. The fourth-order valence-corrected chi connectivity index (χ4v) is 2.96. The molecule has 110 valence electrons. The lowest BCUT2D eigenvalue weighted by molar-refractivity contribution is -0.385. The highest BCUT2D eigenvalue weighted by atomic mass is 35.5. The summed E-state index contributed by atoms with van der Waals surface area (Å²) in [6, 6.07) is 4.75. The molecule has 5 nitrogen and oxygen atoms in total. The number of nitrogens with two attached hydrogens (primary N) is 1. The van der Waals surface area contributed by atoms with E-state index in [0.29, 0.717) is 23.0 Å². The van der Waals surface area contributed by atoms with Crippen LogP contribution in [-0.4, -0.2) is 29.5 Å². The molecule has 0 radical (unpaired) electrons. The number of hydrogen-bond acceptors (Lipinski definition) is 4. The number of nitro groups is 1. The second kappa shape index (κ2) is 7.02. The standard InChI is InChI=1S/C14H20ClN3O2/c15-13-1-2-14(18(19)20)12(9-13)10-17-7-4-11(3-6-16)5-8-17/h1-2,9,11H,3-8,10,16H2. The van der Waals surface area contributed by atoms with Crippen molar-refractivity contribution in [2.75, 3.05) is 19.6 Å². The van der Waals surface area contributed by atoms with Gasteiger partial charge in [0.15, 0.2) is 0 Å². The smallest absolute Gasteiger partial charge is 0.273 e. The number of nitro benzene ring substituents is 1. The van der Waals surface area contributed by atoms with E-state index in [1.165, 1.54) is 6.07 Å². The molecule has 0 atom stereocenters. The molecule has 2 rings (SSSR count). The molecule has 0 aromatic heterocycles. The highest BCUT2D eigenvalue weighted by molar-refractivity contribution is 6.30. The van der Waals surface area contributed by atoms with Gasteiger partial charge in [0.2, 0.25) is 0 Å². The van der Waals surface area contributed by atoms with Crippen molar-refractivity contribution in [3.05, 3.63) is 38.9 Å². The average Bonchev–Trinajstić information content (AvgIpc) is 2.41. The van der Waals surface area contributed by atoms with Gasteiger partial charge >= 0.3 is 0 Å². The molecule has 1 aliphatic heterocycles. The fraction of sp³-hybridized carbons (Fsp3) is 0.571. The molecule has 1 aromatic rings. The molecule has 0 spiro atoms. The molecule has 0 amide bonds. The van der Waals surface area contributed by atoms with Gasteiger partial charge in [-0.2, -0.15) is 0 Å². The lowest BCUT2D eigenvalue weighted by Gasteiger charge is -2.31. The van der Waals surface area contributed by atoms with Crippen molar-refractivity contribution in [2.45, 2.75) is 25.8 Å². The summed E-state index contributed by atoms with van der Waals surface area (Å²) in [5, 5.41) is 11.6. The van der Waals surface area contributed by atoms with Crippen molar-refractivity contribution in [2.24, 2.45) is 11.7 Å². The maximum atomic E-state index is 11.0. The van der Waals surface area contributed by atoms with Gasteiger partial charge in [0, 0.05) is 23.2 Å². The summed E-state index contributed by atoms with van der Waals surface area (Å²) in [6.45, 7) is 3.26. The third kappa shape index (κ3) is 3.91. The lowest BCUT2D eigenvalue weighted by Crippen LogP contribution is -2.34. The summed E-state index contributed by atoms with van der Waals surface area (Å²) in [6.07, 6.45) is 3.31. The Labute approximate surface area is 123 Å². The van der Waals surface area contributed by atoms with E-state index in [1.54, 1.807) is 12.1 Å². The first-order valence-corrected chi connectivity index (χ1v) is 7.33. The minimum Gasteiger partial charge on any atom is -0.330 e. The zero-order valence-electron chi connectivity index (χ0n) is 11.4. The molecular weight excluding hydrogens is 278 g/mol. The van der Waals surface area contributed by atoms with Crippen LogP contribution < -0.4 is 5.73 Å². The van der Waals surface area contributed by atoms with Gasteiger partial charge in [-0.25, -0.2) is 0 Å². The SMILES string of the molecule is NCCC1CCN(Cc2cc(Cl)ccc2[N+](=O)[O-])CC1. The summed E-state index contributed by atoms with van der Waals surface area (Å²) >= 11 is 5.95. The number of benzene rings is 1. The number of piperidine rings is 1. The van der Waals surface area contributed by atoms with E-state index in [4.69, 9.17) is 17.3 Å². The molecule has 1 aromatic carbocycles. The highest BCUT2D eigenvalue weighted by Crippen LogP contribution is 2.26. The van der Waals surface area contributed by atoms with E-state index in [9.17, 15) is 10.1 Å². The van der Waals surface area contributed by atoms with Crippen LogP contribution in [0.25, 0.3) is 0 Å². The van der Waals surface area contributed by atoms with Crippen molar-refractivity contribution in [1.82, 2.24) is 4.90 Å². The zero-order valence-corrected chi connectivity index (χ0v) is 12.2. The Hall–Kier alpha value is -1.17. The average molecular weight is 298 g/mol. The minimum absolute atomic E-state index is 0.151. The van der Waals surface area contributed by atoms with Gasteiger partial charge in [-0.3, -0.25) is 15.0 Å². The molecule has 0 unspecified atom stereocenters. The minimum atomic E-state index is -0.340. The Bertz CT molecular complexity index is 473. The van der Waals surface area contributed by atoms with Gasteiger partial charge in [0.05, 0.1) is 4.92 Å². The Balaban J connectivity index is 2.00. The van der Waals surface area contributed by atoms with E-state index in [2.05, 4.69) is 4.90 Å². The van der Waals surface area contributed by atoms with Crippen LogP contribution in [0, 0.1) is 16.0 Å². The van der Waals surface area contributed by atoms with Gasteiger partial charge in [0.1, 0.15) is 0 Å². The number of halogens is 1. The van der Waals surface area contributed by atoms with Crippen LogP contribution >= 0.6 is 11.6 Å². The fourth-order valence-electron chi connectivity index (χ4n) is 2.77. The van der Waals surface area contributed by atoms with Crippen LogP contribution in [0.2, 0.25) is 5.02 Å². The first-order chi connectivity index (χ1) is 9.60. The number of nitrogens with zero attached hydrogens (tertiary/aromatic N) is 2. The maximum Gasteiger partial charge on any atom is 0.273 e. The van der Waals surface area contributed by atoms with E-state index in [1.807, 2.05) is 0 Å². The summed E-state index contributed by atoms with van der Waals surface area (Å²) in [5.41, 5.74) is 6.43. The van der Waals surface area contributed by atoms with Crippen LogP contribution in [0.15, 0.2) is 18.2 Å². The topological polar surface area (TPSA) is 72.4 Å². The molecule has 1 heterocycles. The molecule has 20 heavy (non-hydrogen) atoms. The normalized spacial score (nSPS) is 17.3. The predicted octanol–water partition coefficient (Wildman–Crippen LogP) is 2.81. The van der Waals surface area contributed by atoms with Crippen molar-refractivity contribution in [3.63, 3.8) is 0 Å². The van der Waals surface area contributed by atoms with Crippen LogP contribution in [-0.2, 0) is 6.54 Å². The molecule has 0 bridgehead atoms. The summed E-state index contributed by atoms with van der Waals surface area (Å²) in [4.78, 5) is 13.0. The van der Waals surface area contributed by atoms with Gasteiger partial charge in [-0.05, 0) is 56.9 Å². The lowest BCUT2D eigenvalue weighted by atomic mass is 9.93. The Morgan fingerprint density at radius 3 is 2.70 bits per heavy atom. The van der Waals surface area contributed by atoms with Crippen molar-refractivity contribution < 1.29 is 4.92 Å². The molecule has 0 aliphatic carbocycles. The number of hydrogen-bond donors (Lipinski definition) is 1. The summed E-state index contributed by atoms with van der Waals surface area (Å²) in [7, 11) is 0. The number of rotatable bonds is 5. The summed E-state index contributed by atoms with van der Waals surface area (Å²) in [5.74, 6) is 0.700. The maximum absolute atomic E-state index is 11.0. The summed E-state index contributed by atoms with van der Waals surface area (Å²) < 4.78 is 0. The largest absolute Gasteiger partial charge is 0.330 e. The van der Waals surface area contributed by atoms with Crippen LogP contribution in [0.3, 0.4) is 0 Å². The number of likely N-dealkylation sites (tertiary alicyclic amines) is 1. The van der Waals surface area contributed by atoms with E-state index >= 15 is 0 Å². The molecule has 1 fully saturated rings. The second-order valence-corrected chi connectivity index (χ2v) is 5.76. The van der Waals surface area contributed by atoms with Crippen LogP contribution in [0.5, 0.6) is 0 Å². The Kier molecular flexibility index (Phi) is 5.34. The highest BCUT2D eigenvalue weighted by Gasteiger charge is 2.21. The molecule has 6 heteroatoms. The van der Waals surface area contributed by atoms with Gasteiger partial charge < -0.3 is 5.73 Å². The molecule has 1 saturated heterocycles. The van der Waals surface area contributed by atoms with E-state index < -0.39 is 0 Å². The van der Waals surface area contributed by atoms with Gasteiger partial charge in [-0.1, -0.05) is 11.6 Å².